The van der Waals surface area contributed by atoms with Gasteiger partial charge in [-0.25, -0.2) is 4.68 Å². The van der Waals surface area contributed by atoms with Gasteiger partial charge in [0.15, 0.2) is 0 Å². The molecule has 0 saturated carbocycles. The summed E-state index contributed by atoms with van der Waals surface area (Å²) >= 11 is 0. The van der Waals surface area contributed by atoms with E-state index in [0.717, 1.165) is 16.9 Å². The number of amides is 1. The maximum absolute atomic E-state index is 13.0. The highest BCUT2D eigenvalue weighted by atomic mass is 16.5. The van der Waals surface area contributed by atoms with E-state index in [-0.39, 0.29) is 24.0 Å². The molecule has 3 heterocycles. The second-order valence-corrected chi connectivity index (χ2v) is 7.04. The first-order valence-electron chi connectivity index (χ1n) is 9.68. The molecular formula is C22H24N4O3. The molecule has 3 atom stereocenters. The van der Waals surface area contributed by atoms with Crippen molar-refractivity contribution in [1.82, 2.24) is 20.1 Å². The van der Waals surface area contributed by atoms with Gasteiger partial charge in [0, 0.05) is 25.2 Å². The SMILES string of the molecule is COc1ccccc1-n1nccc1[C@H]1OCC[C@@H]1C(=O)N[C@H](C)c1ccncc1. The van der Waals surface area contributed by atoms with Crippen LogP contribution in [0.3, 0.4) is 0 Å². The number of pyridine rings is 1. The van der Waals surface area contributed by atoms with Gasteiger partial charge in [0.2, 0.25) is 5.91 Å². The van der Waals surface area contributed by atoms with Crippen LogP contribution in [-0.2, 0) is 9.53 Å². The molecule has 1 aliphatic rings. The van der Waals surface area contributed by atoms with E-state index < -0.39 is 0 Å². The Bertz CT molecular complexity index is 973. The van der Waals surface area contributed by atoms with Crippen molar-refractivity contribution in [3.05, 3.63) is 72.3 Å². The Morgan fingerprint density at radius 1 is 1.21 bits per heavy atom. The van der Waals surface area contributed by atoms with Crippen LogP contribution >= 0.6 is 0 Å². The maximum Gasteiger partial charge on any atom is 0.226 e. The molecule has 7 heteroatoms. The number of hydrogen-bond donors (Lipinski definition) is 1. The van der Waals surface area contributed by atoms with Gasteiger partial charge in [-0.2, -0.15) is 5.10 Å². The zero-order chi connectivity index (χ0) is 20.2. The van der Waals surface area contributed by atoms with Crippen LogP contribution in [0, 0.1) is 5.92 Å². The number of hydrogen-bond acceptors (Lipinski definition) is 5. The summed E-state index contributed by atoms with van der Waals surface area (Å²) in [5, 5.41) is 7.57. The minimum absolute atomic E-state index is 0.0235. The lowest BCUT2D eigenvalue weighted by Gasteiger charge is -2.22. The zero-order valence-electron chi connectivity index (χ0n) is 16.5. The van der Waals surface area contributed by atoms with Crippen LogP contribution in [0.15, 0.2) is 61.1 Å². The van der Waals surface area contributed by atoms with E-state index in [0.29, 0.717) is 18.8 Å². The Morgan fingerprint density at radius 2 is 2.00 bits per heavy atom. The number of methoxy groups -OCH3 is 1. The van der Waals surface area contributed by atoms with Crippen LogP contribution in [0.25, 0.3) is 5.69 Å². The molecule has 1 fully saturated rings. The molecule has 2 aromatic heterocycles. The monoisotopic (exact) mass is 392 g/mol. The average molecular weight is 392 g/mol. The summed E-state index contributed by atoms with van der Waals surface area (Å²) in [5.41, 5.74) is 2.67. The Morgan fingerprint density at radius 3 is 2.79 bits per heavy atom. The van der Waals surface area contributed by atoms with E-state index >= 15 is 0 Å². The van der Waals surface area contributed by atoms with E-state index in [1.54, 1.807) is 30.4 Å². The number of carbonyl (C=O) groups excluding carboxylic acids is 1. The lowest BCUT2D eigenvalue weighted by atomic mass is 9.97. The molecule has 150 valence electrons. The Hall–Kier alpha value is -3.19. The van der Waals surface area contributed by atoms with Crippen molar-refractivity contribution in [2.24, 2.45) is 5.92 Å². The largest absolute Gasteiger partial charge is 0.494 e. The molecule has 1 amide bonds. The summed E-state index contributed by atoms with van der Waals surface area (Å²) in [4.78, 5) is 17.1. The number of nitrogens with one attached hydrogen (secondary N) is 1. The second kappa shape index (κ2) is 8.45. The van der Waals surface area contributed by atoms with Gasteiger partial charge in [-0.1, -0.05) is 12.1 Å². The van der Waals surface area contributed by atoms with Crippen molar-refractivity contribution >= 4 is 5.91 Å². The van der Waals surface area contributed by atoms with E-state index in [2.05, 4.69) is 15.4 Å². The molecule has 1 N–H and O–H groups in total. The topological polar surface area (TPSA) is 78.3 Å². The second-order valence-electron chi connectivity index (χ2n) is 7.04. The van der Waals surface area contributed by atoms with Gasteiger partial charge in [0.25, 0.3) is 0 Å². The summed E-state index contributed by atoms with van der Waals surface area (Å²) in [6.07, 6.45) is 5.47. The normalized spacial score (nSPS) is 19.7. The van der Waals surface area contributed by atoms with Gasteiger partial charge >= 0.3 is 0 Å². The lowest BCUT2D eigenvalue weighted by molar-refractivity contribution is -0.127. The molecule has 29 heavy (non-hydrogen) atoms. The molecular weight excluding hydrogens is 368 g/mol. The highest BCUT2D eigenvalue weighted by molar-refractivity contribution is 5.80. The summed E-state index contributed by atoms with van der Waals surface area (Å²) in [5.74, 6) is 0.400. The first-order valence-corrected chi connectivity index (χ1v) is 9.68. The molecule has 1 saturated heterocycles. The van der Waals surface area contributed by atoms with E-state index in [9.17, 15) is 4.79 Å². The van der Waals surface area contributed by atoms with Crippen molar-refractivity contribution in [2.75, 3.05) is 13.7 Å². The Kier molecular flexibility index (Phi) is 5.57. The van der Waals surface area contributed by atoms with Crippen molar-refractivity contribution in [3.63, 3.8) is 0 Å². The number of benzene rings is 1. The fourth-order valence-electron chi connectivity index (χ4n) is 3.74. The Balaban J connectivity index is 1.57. The van der Waals surface area contributed by atoms with Gasteiger partial charge in [-0.05, 0) is 49.2 Å². The number of nitrogens with zero attached hydrogens (tertiary/aromatic N) is 3. The summed E-state index contributed by atoms with van der Waals surface area (Å²) in [6, 6.07) is 13.3. The third kappa shape index (κ3) is 3.86. The predicted octanol–water partition coefficient (Wildman–Crippen LogP) is 3.23. The van der Waals surface area contributed by atoms with Crippen LogP contribution in [-0.4, -0.2) is 34.4 Å². The number of aromatic nitrogens is 3. The van der Waals surface area contributed by atoms with Crippen LogP contribution in [0.4, 0.5) is 0 Å². The molecule has 0 radical (unpaired) electrons. The molecule has 4 rings (SSSR count). The van der Waals surface area contributed by atoms with Gasteiger partial charge in [0.05, 0.1) is 24.8 Å². The molecule has 1 aromatic carbocycles. The van der Waals surface area contributed by atoms with E-state index in [1.807, 2.05) is 49.4 Å². The maximum atomic E-state index is 13.0. The molecule has 0 unspecified atom stereocenters. The molecule has 0 aliphatic carbocycles. The van der Waals surface area contributed by atoms with Gasteiger partial charge < -0.3 is 14.8 Å². The zero-order valence-corrected chi connectivity index (χ0v) is 16.5. The molecule has 3 aromatic rings. The first kappa shape index (κ1) is 19.1. The minimum Gasteiger partial charge on any atom is -0.494 e. The fraction of sp³-hybridized carbons (Fsp3) is 0.318. The smallest absolute Gasteiger partial charge is 0.226 e. The third-order valence-electron chi connectivity index (χ3n) is 5.27. The third-order valence-corrected chi connectivity index (χ3v) is 5.27. The van der Waals surface area contributed by atoms with Crippen molar-refractivity contribution in [3.8, 4) is 11.4 Å². The van der Waals surface area contributed by atoms with Crippen LogP contribution in [0.1, 0.15) is 36.7 Å². The predicted molar refractivity (Wildman–Crippen MR) is 108 cm³/mol. The van der Waals surface area contributed by atoms with E-state index in [1.165, 1.54) is 0 Å². The van der Waals surface area contributed by atoms with Gasteiger partial charge in [0.1, 0.15) is 17.5 Å². The first-order chi connectivity index (χ1) is 14.2. The lowest BCUT2D eigenvalue weighted by Crippen LogP contribution is -2.34. The quantitative estimate of drug-likeness (QED) is 0.697. The number of carbonyl (C=O) groups is 1. The number of ether oxygens (including phenoxy) is 2. The highest BCUT2D eigenvalue weighted by Gasteiger charge is 2.38. The van der Waals surface area contributed by atoms with E-state index in [4.69, 9.17) is 9.47 Å². The molecule has 0 bridgehead atoms. The Labute approximate surface area is 169 Å². The van der Waals surface area contributed by atoms with Crippen LogP contribution < -0.4 is 10.1 Å². The molecule has 7 nitrogen and oxygen atoms in total. The summed E-state index contributed by atoms with van der Waals surface area (Å²) in [7, 11) is 1.63. The molecule has 0 spiro atoms. The number of para-hydroxylation sites is 2. The standard InChI is InChI=1S/C22H24N4O3/c1-15(16-7-11-23-12-8-16)25-22(27)17-10-14-29-21(17)19-9-13-24-26(19)18-5-3-4-6-20(18)28-2/h3-9,11-13,15,17,21H,10,14H2,1-2H3,(H,25,27)/t15-,17+,21+/m1/s1. The highest BCUT2D eigenvalue weighted by Crippen LogP contribution is 2.37. The van der Waals surface area contributed by atoms with Crippen molar-refractivity contribution in [2.45, 2.75) is 25.5 Å². The summed E-state index contributed by atoms with van der Waals surface area (Å²) in [6.45, 7) is 2.50. The minimum atomic E-state index is -0.368. The van der Waals surface area contributed by atoms with Gasteiger partial charge in [-0.3, -0.25) is 9.78 Å². The van der Waals surface area contributed by atoms with Crippen molar-refractivity contribution < 1.29 is 14.3 Å². The average Bonchev–Trinajstić information content (AvgIpc) is 3.43. The number of rotatable bonds is 6. The fourth-order valence-corrected chi connectivity index (χ4v) is 3.74. The summed E-state index contributed by atoms with van der Waals surface area (Å²) < 4.78 is 13.3. The molecule has 1 aliphatic heterocycles. The van der Waals surface area contributed by atoms with Crippen LogP contribution in [0.2, 0.25) is 0 Å². The van der Waals surface area contributed by atoms with Gasteiger partial charge in [-0.15, -0.1) is 0 Å². The van der Waals surface area contributed by atoms with Crippen LogP contribution in [0.5, 0.6) is 5.75 Å². The van der Waals surface area contributed by atoms with Crippen molar-refractivity contribution in [1.29, 1.82) is 0 Å².